The van der Waals surface area contributed by atoms with Crippen LogP contribution < -0.4 is 15.8 Å². The van der Waals surface area contributed by atoms with Gasteiger partial charge in [0.25, 0.3) is 5.91 Å². The van der Waals surface area contributed by atoms with Crippen LogP contribution in [0.15, 0.2) is 29.5 Å². The molecule has 0 bridgehead atoms. The van der Waals surface area contributed by atoms with E-state index in [9.17, 15) is 9.18 Å². The van der Waals surface area contributed by atoms with E-state index in [1.165, 1.54) is 36.6 Å². The first-order chi connectivity index (χ1) is 17.1. The van der Waals surface area contributed by atoms with Crippen molar-refractivity contribution in [1.82, 2.24) is 9.97 Å². The van der Waals surface area contributed by atoms with E-state index < -0.39 is 27.8 Å². The molecule has 1 aliphatic heterocycles. The van der Waals surface area contributed by atoms with Crippen molar-refractivity contribution < 1.29 is 23.0 Å². The van der Waals surface area contributed by atoms with Crippen molar-refractivity contribution in [3.63, 3.8) is 0 Å². The predicted molar refractivity (Wildman–Crippen MR) is 135 cm³/mol. The van der Waals surface area contributed by atoms with E-state index in [2.05, 4.69) is 20.3 Å². The van der Waals surface area contributed by atoms with Crippen molar-refractivity contribution in [2.45, 2.75) is 50.3 Å². The van der Waals surface area contributed by atoms with Crippen LogP contribution in [-0.4, -0.2) is 46.1 Å². The maximum absolute atomic E-state index is 15.1. The first-order valence-electron chi connectivity index (χ1n) is 11.8. The summed E-state index contributed by atoms with van der Waals surface area (Å²) in [5.41, 5.74) is 4.97. The van der Waals surface area contributed by atoms with Gasteiger partial charge in [-0.25, -0.2) is 18.7 Å². The predicted octanol–water partition coefficient (Wildman–Crippen LogP) is 4.50. The summed E-state index contributed by atoms with van der Waals surface area (Å²) in [6.45, 7) is 6.46. The van der Waals surface area contributed by atoms with E-state index in [1.807, 2.05) is 13.8 Å². The molecule has 1 fully saturated rings. The molecule has 1 amide bonds. The SMILES string of the molecule is COC[C@@]1(C)SC(N)=N[C@](C)(c2cc(NC(=O)c3cnc(OCC4CCC4)cn3)cc(F)c2F)C1C. The molecular weight excluding hydrogens is 488 g/mol. The van der Waals surface area contributed by atoms with Gasteiger partial charge in [-0.3, -0.25) is 9.79 Å². The Labute approximate surface area is 213 Å². The highest BCUT2D eigenvalue weighted by Gasteiger charge is 2.50. The molecule has 3 atom stereocenters. The molecule has 3 N–H and O–H groups in total. The van der Waals surface area contributed by atoms with Gasteiger partial charge in [-0.15, -0.1) is 0 Å². The van der Waals surface area contributed by atoms with Gasteiger partial charge in [-0.05, 0) is 38.7 Å². The zero-order valence-corrected chi connectivity index (χ0v) is 21.6. The topological polar surface area (TPSA) is 112 Å². The monoisotopic (exact) mass is 519 g/mol. The molecule has 4 rings (SSSR count). The Morgan fingerprint density at radius 3 is 2.61 bits per heavy atom. The number of carbonyl (C=O) groups is 1. The van der Waals surface area contributed by atoms with E-state index in [4.69, 9.17) is 15.2 Å². The summed E-state index contributed by atoms with van der Waals surface area (Å²) >= 11 is 1.34. The first-order valence-corrected chi connectivity index (χ1v) is 12.7. The Hall–Kier alpha value is -2.79. The quantitative estimate of drug-likeness (QED) is 0.528. The van der Waals surface area contributed by atoms with E-state index in [0.29, 0.717) is 25.0 Å². The van der Waals surface area contributed by atoms with Gasteiger partial charge in [0.2, 0.25) is 5.88 Å². The number of nitrogens with two attached hydrogens (primary N) is 1. The number of nitrogens with zero attached hydrogens (tertiary/aromatic N) is 3. The maximum Gasteiger partial charge on any atom is 0.275 e. The van der Waals surface area contributed by atoms with Crippen LogP contribution in [0.3, 0.4) is 0 Å². The number of ether oxygens (including phenoxy) is 2. The van der Waals surface area contributed by atoms with Gasteiger partial charge in [-0.1, -0.05) is 25.1 Å². The minimum atomic E-state index is -1.20. The number of methoxy groups -OCH3 is 1. The number of rotatable bonds is 8. The average molecular weight is 520 g/mol. The number of benzene rings is 1. The smallest absolute Gasteiger partial charge is 0.275 e. The Bertz CT molecular complexity index is 1160. The molecule has 11 heteroatoms. The molecule has 36 heavy (non-hydrogen) atoms. The lowest BCUT2D eigenvalue weighted by Crippen LogP contribution is -2.50. The molecule has 0 spiro atoms. The number of aliphatic imine (C=N–C) groups is 1. The van der Waals surface area contributed by atoms with Gasteiger partial charge in [-0.2, -0.15) is 0 Å². The number of aromatic nitrogens is 2. The van der Waals surface area contributed by atoms with E-state index >= 15 is 4.39 Å². The van der Waals surface area contributed by atoms with E-state index in [1.54, 1.807) is 14.0 Å². The van der Waals surface area contributed by atoms with Crippen molar-refractivity contribution >= 4 is 28.5 Å². The second-order valence-corrected chi connectivity index (χ2v) is 11.3. The number of halogens is 2. The maximum atomic E-state index is 15.1. The lowest BCUT2D eigenvalue weighted by atomic mass is 9.74. The molecule has 194 valence electrons. The number of amidine groups is 1. The highest BCUT2D eigenvalue weighted by atomic mass is 32.2. The minimum Gasteiger partial charge on any atom is -0.476 e. The largest absolute Gasteiger partial charge is 0.476 e. The summed E-state index contributed by atoms with van der Waals surface area (Å²) in [6, 6.07) is 2.31. The summed E-state index contributed by atoms with van der Waals surface area (Å²) in [5.74, 6) is -2.19. The number of hydrogen-bond acceptors (Lipinski definition) is 8. The van der Waals surface area contributed by atoms with Crippen LogP contribution in [0.5, 0.6) is 5.88 Å². The molecule has 1 aromatic carbocycles. The van der Waals surface area contributed by atoms with Gasteiger partial charge < -0.3 is 20.5 Å². The van der Waals surface area contributed by atoms with Crippen LogP contribution >= 0.6 is 11.8 Å². The average Bonchev–Trinajstić information content (AvgIpc) is 2.79. The number of amides is 1. The standard InChI is InChI=1S/C25H31F2N5O3S/c1-14-24(2,13-34-4)36-23(28)32-25(14,3)17-8-16(9-18(26)21(17)27)31-22(33)19-10-30-20(11-29-19)35-12-15-6-5-7-15/h8-11,14-15H,5-7,12-13H2,1-4H3,(H2,28,32)(H,31,33)/t14?,24-,25+/m1/s1. The zero-order valence-electron chi connectivity index (χ0n) is 20.8. The molecule has 2 aliphatic rings. The Morgan fingerprint density at radius 1 is 1.25 bits per heavy atom. The lowest BCUT2D eigenvalue weighted by Gasteiger charge is -2.47. The first kappa shape index (κ1) is 26.3. The molecule has 1 aliphatic carbocycles. The van der Waals surface area contributed by atoms with Crippen molar-refractivity contribution in [3.05, 3.63) is 47.4 Å². The lowest BCUT2D eigenvalue weighted by molar-refractivity contribution is 0.102. The third kappa shape index (κ3) is 5.17. The van der Waals surface area contributed by atoms with Gasteiger partial charge in [0.05, 0.1) is 31.1 Å². The molecule has 2 heterocycles. The molecule has 8 nitrogen and oxygen atoms in total. The Kier molecular flexibility index (Phi) is 7.51. The summed E-state index contributed by atoms with van der Waals surface area (Å²) in [7, 11) is 1.57. The second-order valence-electron chi connectivity index (χ2n) is 9.79. The normalized spacial score (nSPS) is 26.2. The molecule has 0 radical (unpaired) electrons. The van der Waals surface area contributed by atoms with Crippen LogP contribution in [0.4, 0.5) is 14.5 Å². The van der Waals surface area contributed by atoms with Crippen molar-refractivity contribution in [2.24, 2.45) is 22.6 Å². The number of carbonyl (C=O) groups excluding carboxylic acids is 1. The van der Waals surface area contributed by atoms with E-state index in [-0.39, 0.29) is 28.0 Å². The van der Waals surface area contributed by atoms with Gasteiger partial charge in [0, 0.05) is 35.1 Å². The van der Waals surface area contributed by atoms with Crippen molar-refractivity contribution in [3.8, 4) is 5.88 Å². The summed E-state index contributed by atoms with van der Waals surface area (Å²) in [4.78, 5) is 25.5. The molecule has 1 unspecified atom stereocenters. The molecular formula is C25H31F2N5O3S. The van der Waals surface area contributed by atoms with Gasteiger partial charge in [0.15, 0.2) is 16.8 Å². The summed E-state index contributed by atoms with van der Waals surface area (Å²) in [5, 5.41) is 2.83. The number of hydrogen-bond donors (Lipinski definition) is 2. The Morgan fingerprint density at radius 2 is 2.00 bits per heavy atom. The van der Waals surface area contributed by atoms with Crippen LogP contribution in [-0.2, 0) is 10.3 Å². The van der Waals surface area contributed by atoms with Crippen molar-refractivity contribution in [2.75, 3.05) is 25.6 Å². The third-order valence-corrected chi connectivity index (χ3v) is 8.49. The van der Waals surface area contributed by atoms with Gasteiger partial charge in [0.1, 0.15) is 5.69 Å². The second kappa shape index (κ2) is 10.3. The van der Waals surface area contributed by atoms with Gasteiger partial charge >= 0.3 is 0 Å². The fourth-order valence-corrected chi connectivity index (χ4v) is 5.90. The van der Waals surface area contributed by atoms with Crippen LogP contribution in [0, 0.1) is 23.5 Å². The molecule has 0 saturated heterocycles. The van der Waals surface area contributed by atoms with Crippen molar-refractivity contribution in [1.29, 1.82) is 0 Å². The number of anilines is 1. The highest BCUT2D eigenvalue weighted by Crippen LogP contribution is 2.50. The fourth-order valence-electron chi connectivity index (χ4n) is 4.60. The zero-order chi connectivity index (χ0) is 26.1. The summed E-state index contributed by atoms with van der Waals surface area (Å²) in [6.07, 6.45) is 6.17. The van der Waals surface area contributed by atoms with Crippen LogP contribution in [0.2, 0.25) is 0 Å². The third-order valence-electron chi connectivity index (χ3n) is 7.25. The molecule has 2 aromatic rings. The number of thioether (sulfide) groups is 1. The minimum absolute atomic E-state index is 0.0123. The van der Waals surface area contributed by atoms with E-state index in [0.717, 1.165) is 18.9 Å². The molecule has 1 aromatic heterocycles. The summed E-state index contributed by atoms with van der Waals surface area (Å²) < 4.78 is 40.3. The fraction of sp³-hybridized carbons (Fsp3) is 0.520. The Balaban J connectivity index is 1.56. The number of nitrogens with one attached hydrogen (secondary N) is 1. The van der Waals surface area contributed by atoms with Crippen LogP contribution in [0.25, 0.3) is 0 Å². The highest BCUT2D eigenvalue weighted by molar-refractivity contribution is 8.15. The molecule has 1 saturated carbocycles. The van der Waals surface area contributed by atoms with Crippen LogP contribution in [0.1, 0.15) is 56.1 Å².